The van der Waals surface area contributed by atoms with E-state index in [0.29, 0.717) is 6.61 Å². The third-order valence-electron chi connectivity index (χ3n) is 4.44. The van der Waals surface area contributed by atoms with Gasteiger partial charge in [-0.05, 0) is 25.0 Å². The van der Waals surface area contributed by atoms with Crippen LogP contribution in [0.15, 0.2) is 35.9 Å². The maximum absolute atomic E-state index is 12.1. The summed E-state index contributed by atoms with van der Waals surface area (Å²) in [6, 6.07) is 9.36. The maximum Gasteiger partial charge on any atom is 0.341 e. The van der Waals surface area contributed by atoms with Crippen LogP contribution < -0.4 is 0 Å². The second-order valence-electron chi connectivity index (χ2n) is 6.84. The molecule has 3 heteroatoms. The Labute approximate surface area is 158 Å². The second-order valence-corrected chi connectivity index (χ2v) is 6.84. The zero-order chi connectivity index (χ0) is 19.0. The van der Waals surface area contributed by atoms with Gasteiger partial charge in [-0.2, -0.15) is 0 Å². The number of carbonyl (C=O) groups is 2. The lowest BCUT2D eigenvalue weighted by molar-refractivity contribution is -0.140. The first-order valence-electron chi connectivity index (χ1n) is 10.1. The summed E-state index contributed by atoms with van der Waals surface area (Å²) in [6.07, 6.45) is 14.0. The first-order chi connectivity index (χ1) is 12.6. The van der Waals surface area contributed by atoms with Crippen molar-refractivity contribution in [2.45, 2.75) is 78.1 Å². The van der Waals surface area contributed by atoms with Crippen LogP contribution in [0.4, 0.5) is 0 Å². The molecule has 0 heterocycles. The number of carbonyl (C=O) groups excluding carboxylic acids is 2. The van der Waals surface area contributed by atoms with Crippen LogP contribution in [0.5, 0.6) is 0 Å². The van der Waals surface area contributed by atoms with E-state index in [0.717, 1.165) is 18.4 Å². The number of Topliss-reactive ketones (excluding diaryl/α,β-unsaturated/α-hetero) is 1. The zero-order valence-corrected chi connectivity index (χ0v) is 16.5. The zero-order valence-electron chi connectivity index (χ0n) is 16.5. The van der Waals surface area contributed by atoms with Gasteiger partial charge in [-0.25, -0.2) is 4.79 Å². The topological polar surface area (TPSA) is 43.4 Å². The summed E-state index contributed by atoms with van der Waals surface area (Å²) >= 11 is 0. The van der Waals surface area contributed by atoms with Crippen LogP contribution >= 0.6 is 0 Å². The monoisotopic (exact) mass is 358 g/mol. The fourth-order valence-electron chi connectivity index (χ4n) is 2.85. The molecule has 0 aliphatic rings. The Bertz CT molecular complexity index is 546. The third kappa shape index (κ3) is 10.2. The van der Waals surface area contributed by atoms with Crippen molar-refractivity contribution in [2.75, 3.05) is 6.61 Å². The molecule has 0 saturated heterocycles. The summed E-state index contributed by atoms with van der Waals surface area (Å²) in [7, 11) is 0. The Hall–Kier alpha value is -1.90. The highest BCUT2D eigenvalue weighted by Crippen LogP contribution is 2.12. The number of esters is 1. The lowest BCUT2D eigenvalue weighted by Gasteiger charge is -2.07. The predicted molar refractivity (Wildman–Crippen MR) is 108 cm³/mol. The molecule has 0 aromatic heterocycles. The normalized spacial score (nSPS) is 11.4. The van der Waals surface area contributed by atoms with Gasteiger partial charge in [-0.15, -0.1) is 0 Å². The molecule has 0 amide bonds. The van der Waals surface area contributed by atoms with E-state index in [1.165, 1.54) is 58.3 Å². The quantitative estimate of drug-likeness (QED) is 0.132. The molecule has 0 aliphatic carbocycles. The van der Waals surface area contributed by atoms with Crippen molar-refractivity contribution in [3.05, 3.63) is 41.5 Å². The number of ether oxygens (including phenoxy) is 1. The van der Waals surface area contributed by atoms with Gasteiger partial charge in [-0.1, -0.05) is 95.0 Å². The molecular weight excluding hydrogens is 324 g/mol. The van der Waals surface area contributed by atoms with E-state index >= 15 is 0 Å². The van der Waals surface area contributed by atoms with Crippen LogP contribution in [-0.2, 0) is 14.3 Å². The van der Waals surface area contributed by atoms with Gasteiger partial charge < -0.3 is 4.74 Å². The van der Waals surface area contributed by atoms with E-state index in [9.17, 15) is 9.59 Å². The van der Waals surface area contributed by atoms with E-state index < -0.39 is 5.97 Å². The molecule has 1 aromatic rings. The van der Waals surface area contributed by atoms with Crippen molar-refractivity contribution in [1.29, 1.82) is 0 Å². The number of ketones is 1. The summed E-state index contributed by atoms with van der Waals surface area (Å²) in [5, 5.41) is 0. The van der Waals surface area contributed by atoms with Crippen LogP contribution in [-0.4, -0.2) is 18.4 Å². The Morgan fingerprint density at radius 3 is 1.92 bits per heavy atom. The van der Waals surface area contributed by atoms with Crippen molar-refractivity contribution >= 4 is 17.8 Å². The van der Waals surface area contributed by atoms with Crippen molar-refractivity contribution in [1.82, 2.24) is 0 Å². The molecule has 144 valence electrons. The first kappa shape index (κ1) is 22.1. The highest BCUT2D eigenvalue weighted by Gasteiger charge is 2.15. The molecule has 0 atom stereocenters. The Kier molecular flexibility index (Phi) is 12.2. The SMILES string of the molecule is CCCCCCCCCCCCOC(=O)C(=Cc1ccccc1)C(C)=O. The average Bonchev–Trinajstić information content (AvgIpc) is 2.64. The minimum atomic E-state index is -0.516. The van der Waals surface area contributed by atoms with E-state index in [2.05, 4.69) is 6.92 Å². The van der Waals surface area contributed by atoms with Gasteiger partial charge in [0.15, 0.2) is 5.78 Å². The Balaban J connectivity index is 2.18. The smallest absolute Gasteiger partial charge is 0.341 e. The van der Waals surface area contributed by atoms with E-state index in [1.54, 1.807) is 6.08 Å². The third-order valence-corrected chi connectivity index (χ3v) is 4.44. The molecular formula is C23H34O3. The van der Waals surface area contributed by atoms with E-state index in [1.807, 2.05) is 30.3 Å². The predicted octanol–water partition coefficient (Wildman–Crippen LogP) is 6.12. The molecule has 0 radical (unpaired) electrons. The summed E-state index contributed by atoms with van der Waals surface area (Å²) in [4.78, 5) is 23.9. The molecule has 0 aliphatic heterocycles. The highest BCUT2D eigenvalue weighted by atomic mass is 16.5. The fourth-order valence-corrected chi connectivity index (χ4v) is 2.85. The van der Waals surface area contributed by atoms with Gasteiger partial charge in [0, 0.05) is 0 Å². The number of unbranched alkanes of at least 4 members (excludes halogenated alkanes) is 9. The Morgan fingerprint density at radius 2 is 1.38 bits per heavy atom. The van der Waals surface area contributed by atoms with Gasteiger partial charge >= 0.3 is 5.97 Å². The lowest BCUT2D eigenvalue weighted by atomic mass is 10.1. The van der Waals surface area contributed by atoms with Crippen LogP contribution in [0.2, 0.25) is 0 Å². The second kappa shape index (κ2) is 14.3. The van der Waals surface area contributed by atoms with Crippen molar-refractivity contribution in [3.63, 3.8) is 0 Å². The average molecular weight is 359 g/mol. The number of rotatable bonds is 14. The molecule has 0 N–H and O–H groups in total. The molecule has 0 fully saturated rings. The number of hydrogen-bond donors (Lipinski definition) is 0. The van der Waals surface area contributed by atoms with Gasteiger partial charge in [-0.3, -0.25) is 4.79 Å². The molecule has 3 nitrogen and oxygen atoms in total. The van der Waals surface area contributed by atoms with Crippen molar-refractivity contribution in [3.8, 4) is 0 Å². The number of hydrogen-bond acceptors (Lipinski definition) is 3. The molecule has 1 rings (SSSR count). The highest BCUT2D eigenvalue weighted by molar-refractivity contribution is 6.19. The molecule has 0 saturated carbocycles. The van der Waals surface area contributed by atoms with Gasteiger partial charge in [0.1, 0.15) is 5.57 Å². The lowest BCUT2D eigenvalue weighted by Crippen LogP contribution is -2.14. The van der Waals surface area contributed by atoms with E-state index in [4.69, 9.17) is 4.74 Å². The van der Waals surface area contributed by atoms with Crippen LogP contribution in [0.25, 0.3) is 6.08 Å². The minimum absolute atomic E-state index is 0.114. The minimum Gasteiger partial charge on any atom is -0.462 e. The number of benzene rings is 1. The van der Waals surface area contributed by atoms with E-state index in [-0.39, 0.29) is 11.4 Å². The Morgan fingerprint density at radius 1 is 0.846 bits per heavy atom. The largest absolute Gasteiger partial charge is 0.462 e. The molecule has 0 unspecified atom stereocenters. The summed E-state index contributed by atoms with van der Waals surface area (Å²) in [5.74, 6) is -0.779. The van der Waals surface area contributed by atoms with Crippen LogP contribution in [0.1, 0.15) is 83.6 Å². The maximum atomic E-state index is 12.1. The van der Waals surface area contributed by atoms with Crippen LogP contribution in [0.3, 0.4) is 0 Å². The van der Waals surface area contributed by atoms with Crippen molar-refractivity contribution in [2.24, 2.45) is 0 Å². The molecule has 1 aromatic carbocycles. The summed E-state index contributed by atoms with van der Waals surface area (Å²) in [5.41, 5.74) is 0.942. The summed E-state index contributed by atoms with van der Waals surface area (Å²) in [6.45, 7) is 4.02. The fraction of sp³-hybridized carbons (Fsp3) is 0.565. The molecule has 0 spiro atoms. The summed E-state index contributed by atoms with van der Waals surface area (Å²) < 4.78 is 5.28. The molecule has 0 bridgehead atoms. The molecule has 26 heavy (non-hydrogen) atoms. The standard InChI is InChI=1S/C23H34O3/c1-3-4-5-6-7-8-9-10-11-15-18-26-23(25)22(20(2)24)19-21-16-13-12-14-17-21/h12-14,16-17,19H,3-11,15,18H2,1-2H3. The van der Waals surface area contributed by atoms with Gasteiger partial charge in [0.05, 0.1) is 6.61 Å². The van der Waals surface area contributed by atoms with Gasteiger partial charge in [0.25, 0.3) is 0 Å². The van der Waals surface area contributed by atoms with Crippen LogP contribution in [0, 0.1) is 0 Å². The first-order valence-corrected chi connectivity index (χ1v) is 10.1. The van der Waals surface area contributed by atoms with Gasteiger partial charge in [0.2, 0.25) is 0 Å². The van der Waals surface area contributed by atoms with Crippen molar-refractivity contribution < 1.29 is 14.3 Å².